The standard InChI is InChI=1S/C22H28Br4O2/c1-12-10-16(21(23,24)14(3)18(12)27)20(8-6-5-7-9-20)17-11-13(2)19(28)15(4)22(17,25)26/h10-11,16-17,27-28H,5-9H2,1-4H3. The zero-order valence-corrected chi connectivity index (χ0v) is 23.1. The van der Waals surface area contributed by atoms with Crippen LogP contribution in [0, 0.1) is 17.3 Å². The number of aliphatic hydroxyl groups excluding tert-OH is 2. The Hall–Kier alpha value is 0.480. The van der Waals surface area contributed by atoms with Crippen LogP contribution in [0.5, 0.6) is 0 Å². The number of alkyl halides is 4. The van der Waals surface area contributed by atoms with Gasteiger partial charge in [0.25, 0.3) is 0 Å². The van der Waals surface area contributed by atoms with Gasteiger partial charge in [0.15, 0.2) is 0 Å². The zero-order valence-electron chi connectivity index (χ0n) is 16.8. The van der Waals surface area contributed by atoms with Crippen molar-refractivity contribution in [3.63, 3.8) is 0 Å². The molecule has 2 unspecified atom stereocenters. The van der Waals surface area contributed by atoms with E-state index in [0.717, 1.165) is 35.1 Å². The SMILES string of the molecule is CC1=CC(C2(C3C=C(C)C(O)=C(C)C3(Br)Br)CCCCC2)C(Br)(Br)C(C)=C1O. The molecule has 0 amide bonds. The summed E-state index contributed by atoms with van der Waals surface area (Å²) in [6.07, 6.45) is 10.3. The van der Waals surface area contributed by atoms with E-state index in [2.05, 4.69) is 75.9 Å². The second kappa shape index (κ2) is 7.87. The van der Waals surface area contributed by atoms with E-state index in [0.29, 0.717) is 11.5 Å². The molecule has 3 aliphatic rings. The monoisotopic (exact) mass is 640 g/mol. The largest absolute Gasteiger partial charge is 0.508 e. The molecule has 0 aromatic rings. The summed E-state index contributed by atoms with van der Waals surface area (Å²) in [6, 6.07) is 0. The highest BCUT2D eigenvalue weighted by molar-refractivity contribution is 9.25. The molecule has 2 N–H and O–H groups in total. The predicted octanol–water partition coefficient (Wildman–Crippen LogP) is 8.73. The number of hydrogen-bond donors (Lipinski definition) is 2. The van der Waals surface area contributed by atoms with Crippen molar-refractivity contribution in [3.05, 3.63) is 46.0 Å². The maximum atomic E-state index is 10.6. The molecule has 3 rings (SSSR count). The molecule has 28 heavy (non-hydrogen) atoms. The van der Waals surface area contributed by atoms with Crippen LogP contribution in [0.4, 0.5) is 0 Å². The van der Waals surface area contributed by atoms with Gasteiger partial charge in [-0.3, -0.25) is 0 Å². The lowest BCUT2D eigenvalue weighted by molar-refractivity contribution is 0.0647. The molecule has 0 bridgehead atoms. The molecule has 0 aromatic carbocycles. The summed E-state index contributed by atoms with van der Waals surface area (Å²) in [5.74, 6) is 1.02. The average Bonchev–Trinajstić information content (AvgIpc) is 2.65. The van der Waals surface area contributed by atoms with E-state index in [1.165, 1.54) is 19.3 Å². The first-order chi connectivity index (χ1) is 12.9. The lowest BCUT2D eigenvalue weighted by Gasteiger charge is -2.56. The molecule has 0 saturated heterocycles. The maximum absolute atomic E-state index is 10.6. The number of aliphatic hydroxyl groups is 2. The van der Waals surface area contributed by atoms with Gasteiger partial charge in [0.2, 0.25) is 0 Å². The van der Waals surface area contributed by atoms with Crippen molar-refractivity contribution in [1.82, 2.24) is 0 Å². The van der Waals surface area contributed by atoms with Gasteiger partial charge in [0.1, 0.15) is 18.0 Å². The topological polar surface area (TPSA) is 40.5 Å². The van der Waals surface area contributed by atoms with Crippen LogP contribution in [-0.2, 0) is 0 Å². The van der Waals surface area contributed by atoms with E-state index < -0.39 is 6.47 Å². The first-order valence-corrected chi connectivity index (χ1v) is 13.0. The van der Waals surface area contributed by atoms with Crippen molar-refractivity contribution in [1.29, 1.82) is 0 Å². The molecule has 156 valence electrons. The number of halogens is 4. The van der Waals surface area contributed by atoms with E-state index >= 15 is 0 Å². The molecule has 0 heterocycles. The molecular formula is C22H28Br4O2. The third-order valence-electron chi connectivity index (χ3n) is 7.10. The van der Waals surface area contributed by atoms with Gasteiger partial charge in [0, 0.05) is 11.8 Å². The highest BCUT2D eigenvalue weighted by atomic mass is 79.9. The molecule has 1 saturated carbocycles. The van der Waals surface area contributed by atoms with Crippen LogP contribution in [0.25, 0.3) is 0 Å². The fraction of sp³-hybridized carbons (Fsp3) is 0.636. The van der Waals surface area contributed by atoms with Gasteiger partial charge in [0.05, 0.1) is 0 Å². The Morgan fingerprint density at radius 1 is 0.714 bits per heavy atom. The van der Waals surface area contributed by atoms with Gasteiger partial charge in [-0.15, -0.1) is 0 Å². The van der Waals surface area contributed by atoms with E-state index in [1.807, 2.05) is 27.7 Å². The van der Waals surface area contributed by atoms with Gasteiger partial charge in [-0.2, -0.15) is 0 Å². The number of hydrogen-bond acceptors (Lipinski definition) is 2. The second-order valence-electron chi connectivity index (χ2n) is 8.64. The van der Waals surface area contributed by atoms with Crippen molar-refractivity contribution in [2.24, 2.45) is 17.3 Å². The van der Waals surface area contributed by atoms with Gasteiger partial charge < -0.3 is 10.2 Å². The highest BCUT2D eigenvalue weighted by Crippen LogP contribution is 2.66. The third kappa shape index (κ3) is 3.46. The summed E-state index contributed by atoms with van der Waals surface area (Å²) in [7, 11) is 0. The van der Waals surface area contributed by atoms with Gasteiger partial charge in [-0.25, -0.2) is 0 Å². The first kappa shape index (κ1) is 23.1. The van der Waals surface area contributed by atoms with Gasteiger partial charge >= 0.3 is 0 Å². The molecule has 0 aliphatic heterocycles. The Morgan fingerprint density at radius 3 is 1.43 bits per heavy atom. The Bertz CT molecular complexity index is 735. The summed E-state index contributed by atoms with van der Waals surface area (Å²) < 4.78 is -1.01. The molecule has 2 nitrogen and oxygen atoms in total. The van der Waals surface area contributed by atoms with Crippen LogP contribution in [-0.4, -0.2) is 16.7 Å². The minimum atomic E-state index is -0.504. The quantitative estimate of drug-likeness (QED) is 0.296. The van der Waals surface area contributed by atoms with E-state index in [-0.39, 0.29) is 17.3 Å². The Kier molecular flexibility index (Phi) is 6.51. The lowest BCUT2D eigenvalue weighted by Crippen LogP contribution is -2.52. The van der Waals surface area contributed by atoms with Crippen LogP contribution >= 0.6 is 63.7 Å². The Balaban J connectivity index is 2.21. The molecule has 1 fully saturated rings. The molecule has 0 radical (unpaired) electrons. The normalized spacial score (nSPS) is 32.1. The average molecular weight is 644 g/mol. The van der Waals surface area contributed by atoms with Gasteiger partial charge in [-0.1, -0.05) is 95.1 Å². The summed E-state index contributed by atoms with van der Waals surface area (Å²) in [5, 5.41) is 21.2. The van der Waals surface area contributed by atoms with E-state index in [4.69, 9.17) is 0 Å². The number of allylic oxidation sites excluding steroid dienone is 6. The molecule has 3 aliphatic carbocycles. The Morgan fingerprint density at radius 2 is 1.07 bits per heavy atom. The fourth-order valence-electron chi connectivity index (χ4n) is 5.32. The van der Waals surface area contributed by atoms with E-state index in [1.54, 1.807) is 0 Å². The summed E-state index contributed by atoms with van der Waals surface area (Å²) >= 11 is 15.8. The van der Waals surface area contributed by atoms with Crippen molar-refractivity contribution >= 4 is 63.7 Å². The predicted molar refractivity (Wildman–Crippen MR) is 132 cm³/mol. The molecule has 2 atom stereocenters. The molecule has 0 spiro atoms. The van der Waals surface area contributed by atoms with Crippen LogP contribution in [0.15, 0.2) is 46.0 Å². The first-order valence-electron chi connectivity index (χ1n) is 9.81. The minimum Gasteiger partial charge on any atom is -0.508 e. The van der Waals surface area contributed by atoms with Crippen LogP contribution in [0.2, 0.25) is 0 Å². The summed E-state index contributed by atoms with van der Waals surface area (Å²) in [6.45, 7) is 7.97. The molecule has 6 heteroatoms. The third-order valence-corrected chi connectivity index (χ3v) is 11.4. The second-order valence-corrected chi connectivity index (χ2v) is 15.8. The fourth-order valence-corrected chi connectivity index (χ4v) is 8.42. The van der Waals surface area contributed by atoms with Crippen molar-refractivity contribution < 1.29 is 10.2 Å². The van der Waals surface area contributed by atoms with Gasteiger partial charge in [-0.05, 0) is 68.2 Å². The van der Waals surface area contributed by atoms with Crippen LogP contribution < -0.4 is 0 Å². The van der Waals surface area contributed by atoms with Crippen molar-refractivity contribution in [2.45, 2.75) is 66.3 Å². The van der Waals surface area contributed by atoms with Crippen molar-refractivity contribution in [3.8, 4) is 0 Å². The number of rotatable bonds is 2. The highest BCUT2D eigenvalue weighted by Gasteiger charge is 2.59. The zero-order chi connectivity index (χ0) is 21.1. The minimum absolute atomic E-state index is 0.0509. The summed E-state index contributed by atoms with van der Waals surface area (Å²) in [5.41, 5.74) is 3.66. The smallest absolute Gasteiger partial charge is 0.119 e. The molecular weight excluding hydrogens is 616 g/mol. The molecule has 0 aromatic heterocycles. The van der Waals surface area contributed by atoms with Crippen LogP contribution in [0.1, 0.15) is 59.8 Å². The van der Waals surface area contributed by atoms with Crippen LogP contribution in [0.3, 0.4) is 0 Å². The van der Waals surface area contributed by atoms with Crippen molar-refractivity contribution in [2.75, 3.05) is 0 Å². The van der Waals surface area contributed by atoms with E-state index in [9.17, 15) is 10.2 Å². The maximum Gasteiger partial charge on any atom is 0.119 e. The summed E-state index contributed by atoms with van der Waals surface area (Å²) in [4.78, 5) is 0. The lowest BCUT2D eigenvalue weighted by atomic mass is 9.54. The Labute approximate surface area is 202 Å².